The third-order valence-corrected chi connectivity index (χ3v) is 3.54. The molecule has 24 heavy (non-hydrogen) atoms. The molecule has 0 atom stereocenters. The smallest absolute Gasteiger partial charge is 0.423 e. The summed E-state index contributed by atoms with van der Waals surface area (Å²) in [6.45, 7) is 1.51. The standard InChI is InChI=1S/C15H12ClF3N4O/c1-9-5-12(15(17,18)19)22-23(9)8-14-21-20-13(24-14)7-10-3-2-4-11(16)6-10/h2-6H,7-8H2,1H3. The van der Waals surface area contributed by atoms with Gasteiger partial charge in [0.05, 0.1) is 6.42 Å². The maximum Gasteiger partial charge on any atom is 0.435 e. The zero-order chi connectivity index (χ0) is 17.3. The lowest BCUT2D eigenvalue weighted by molar-refractivity contribution is -0.141. The molecule has 0 fully saturated rings. The minimum atomic E-state index is -4.48. The molecule has 0 aliphatic heterocycles. The number of alkyl halides is 3. The molecular weight excluding hydrogens is 345 g/mol. The first-order valence-electron chi connectivity index (χ1n) is 6.98. The third kappa shape index (κ3) is 3.76. The fourth-order valence-electron chi connectivity index (χ4n) is 2.18. The van der Waals surface area contributed by atoms with E-state index in [0.29, 0.717) is 23.0 Å². The molecule has 3 rings (SSSR count). The molecule has 5 nitrogen and oxygen atoms in total. The molecule has 0 saturated heterocycles. The van der Waals surface area contributed by atoms with Crippen LogP contribution in [0.1, 0.15) is 28.7 Å². The average Bonchev–Trinajstić information content (AvgIpc) is 3.06. The number of aromatic nitrogens is 4. The summed E-state index contributed by atoms with van der Waals surface area (Å²) < 4.78 is 44.6. The second-order valence-corrected chi connectivity index (χ2v) is 5.66. The van der Waals surface area contributed by atoms with Crippen molar-refractivity contribution in [1.29, 1.82) is 0 Å². The van der Waals surface area contributed by atoms with Crippen molar-refractivity contribution in [2.75, 3.05) is 0 Å². The van der Waals surface area contributed by atoms with Crippen molar-refractivity contribution in [2.24, 2.45) is 0 Å². The molecule has 1 aromatic carbocycles. The Morgan fingerprint density at radius 2 is 1.92 bits per heavy atom. The van der Waals surface area contributed by atoms with Crippen LogP contribution in [0.15, 0.2) is 34.7 Å². The predicted molar refractivity (Wildman–Crippen MR) is 79.6 cm³/mol. The van der Waals surface area contributed by atoms with Crippen molar-refractivity contribution in [3.05, 3.63) is 64.1 Å². The predicted octanol–water partition coefficient (Wildman–Crippen LogP) is 3.89. The lowest BCUT2D eigenvalue weighted by atomic mass is 10.1. The Kier molecular flexibility index (Phi) is 4.31. The maximum absolute atomic E-state index is 12.7. The molecule has 0 aliphatic carbocycles. The molecule has 0 spiro atoms. The molecule has 0 bridgehead atoms. The highest BCUT2D eigenvalue weighted by atomic mass is 35.5. The van der Waals surface area contributed by atoms with Crippen LogP contribution in [-0.2, 0) is 19.1 Å². The average molecular weight is 357 g/mol. The van der Waals surface area contributed by atoms with E-state index in [2.05, 4.69) is 15.3 Å². The second kappa shape index (κ2) is 6.27. The van der Waals surface area contributed by atoms with Gasteiger partial charge in [-0.25, -0.2) is 0 Å². The van der Waals surface area contributed by atoms with E-state index in [4.69, 9.17) is 16.0 Å². The van der Waals surface area contributed by atoms with Gasteiger partial charge in [0.25, 0.3) is 0 Å². The summed E-state index contributed by atoms with van der Waals surface area (Å²) in [4.78, 5) is 0. The van der Waals surface area contributed by atoms with Crippen LogP contribution in [0.2, 0.25) is 5.02 Å². The molecule has 0 amide bonds. The Bertz CT molecular complexity index is 857. The zero-order valence-electron chi connectivity index (χ0n) is 12.5. The van der Waals surface area contributed by atoms with Gasteiger partial charge in [-0.3, -0.25) is 4.68 Å². The molecule has 2 aromatic heterocycles. The molecule has 3 aromatic rings. The van der Waals surface area contributed by atoms with E-state index in [-0.39, 0.29) is 12.4 Å². The van der Waals surface area contributed by atoms with Crippen LogP contribution in [0.5, 0.6) is 0 Å². The van der Waals surface area contributed by atoms with Crippen LogP contribution >= 0.6 is 11.6 Å². The van der Waals surface area contributed by atoms with Crippen molar-refractivity contribution in [3.63, 3.8) is 0 Å². The summed E-state index contributed by atoms with van der Waals surface area (Å²) >= 11 is 5.91. The van der Waals surface area contributed by atoms with Gasteiger partial charge >= 0.3 is 6.18 Å². The summed E-state index contributed by atoms with van der Waals surface area (Å²) in [7, 11) is 0. The summed E-state index contributed by atoms with van der Waals surface area (Å²) in [5.74, 6) is 0.542. The maximum atomic E-state index is 12.7. The van der Waals surface area contributed by atoms with Crippen molar-refractivity contribution in [3.8, 4) is 0 Å². The highest BCUT2D eigenvalue weighted by molar-refractivity contribution is 6.30. The minimum Gasteiger partial charge on any atom is -0.423 e. The number of benzene rings is 1. The summed E-state index contributed by atoms with van der Waals surface area (Å²) in [6, 6.07) is 8.18. The quantitative estimate of drug-likeness (QED) is 0.711. The van der Waals surface area contributed by atoms with E-state index < -0.39 is 11.9 Å². The lowest BCUT2D eigenvalue weighted by Gasteiger charge is -2.01. The molecular formula is C15H12ClF3N4O. The Balaban J connectivity index is 1.74. The highest BCUT2D eigenvalue weighted by Gasteiger charge is 2.34. The first kappa shape index (κ1) is 16.5. The fraction of sp³-hybridized carbons (Fsp3) is 0.267. The SMILES string of the molecule is Cc1cc(C(F)(F)F)nn1Cc1nnc(Cc2cccc(Cl)c2)o1. The monoisotopic (exact) mass is 356 g/mol. The van der Waals surface area contributed by atoms with Gasteiger partial charge < -0.3 is 4.42 Å². The fourth-order valence-corrected chi connectivity index (χ4v) is 2.39. The lowest BCUT2D eigenvalue weighted by Crippen LogP contribution is -2.09. The molecule has 0 saturated carbocycles. The Hall–Kier alpha value is -2.35. The minimum absolute atomic E-state index is 0.0234. The molecule has 0 aliphatic rings. The van der Waals surface area contributed by atoms with Gasteiger partial charge in [0.2, 0.25) is 11.8 Å². The van der Waals surface area contributed by atoms with Gasteiger partial charge in [-0.05, 0) is 30.7 Å². The van der Waals surface area contributed by atoms with Gasteiger partial charge in [-0.1, -0.05) is 23.7 Å². The molecule has 126 valence electrons. The number of rotatable bonds is 4. The number of nitrogens with zero attached hydrogens (tertiary/aromatic N) is 4. The van der Waals surface area contributed by atoms with Crippen molar-refractivity contribution in [1.82, 2.24) is 20.0 Å². The Morgan fingerprint density at radius 3 is 2.58 bits per heavy atom. The van der Waals surface area contributed by atoms with E-state index in [0.717, 1.165) is 11.6 Å². The van der Waals surface area contributed by atoms with Crippen molar-refractivity contribution in [2.45, 2.75) is 26.1 Å². The first-order valence-corrected chi connectivity index (χ1v) is 7.36. The normalized spacial score (nSPS) is 11.9. The van der Waals surface area contributed by atoms with Gasteiger partial charge in [0.15, 0.2) is 5.69 Å². The summed E-state index contributed by atoms with van der Waals surface area (Å²) in [6.07, 6.45) is -4.10. The number of hydrogen-bond donors (Lipinski definition) is 0. The van der Waals surface area contributed by atoms with Crippen LogP contribution in [0.4, 0.5) is 13.2 Å². The number of halogens is 4. The first-order chi connectivity index (χ1) is 11.3. The van der Waals surface area contributed by atoms with E-state index in [1.54, 1.807) is 18.2 Å². The van der Waals surface area contributed by atoms with E-state index in [1.807, 2.05) is 6.07 Å². The molecule has 0 N–H and O–H groups in total. The van der Waals surface area contributed by atoms with E-state index >= 15 is 0 Å². The summed E-state index contributed by atoms with van der Waals surface area (Å²) in [5, 5.41) is 11.9. The molecule has 0 radical (unpaired) electrons. The van der Waals surface area contributed by atoms with Crippen LogP contribution in [0, 0.1) is 6.92 Å². The molecule has 0 unspecified atom stereocenters. The highest BCUT2D eigenvalue weighted by Crippen LogP contribution is 2.28. The van der Waals surface area contributed by atoms with Crippen molar-refractivity contribution >= 4 is 11.6 Å². The molecule has 9 heteroatoms. The number of aryl methyl sites for hydroxylation is 1. The third-order valence-electron chi connectivity index (χ3n) is 3.31. The molecule has 2 heterocycles. The topological polar surface area (TPSA) is 56.7 Å². The zero-order valence-corrected chi connectivity index (χ0v) is 13.3. The van der Waals surface area contributed by atoms with Gasteiger partial charge in [0, 0.05) is 10.7 Å². The van der Waals surface area contributed by atoms with Crippen molar-refractivity contribution < 1.29 is 17.6 Å². The van der Waals surface area contributed by atoms with Crippen LogP contribution in [-0.4, -0.2) is 20.0 Å². The van der Waals surface area contributed by atoms with Gasteiger partial charge in [-0.15, -0.1) is 10.2 Å². The Morgan fingerprint density at radius 1 is 1.17 bits per heavy atom. The number of hydrogen-bond acceptors (Lipinski definition) is 4. The van der Waals surface area contributed by atoms with Gasteiger partial charge in [-0.2, -0.15) is 18.3 Å². The van der Waals surface area contributed by atoms with Crippen LogP contribution < -0.4 is 0 Å². The van der Waals surface area contributed by atoms with Crippen LogP contribution in [0.3, 0.4) is 0 Å². The van der Waals surface area contributed by atoms with E-state index in [1.165, 1.54) is 11.6 Å². The van der Waals surface area contributed by atoms with Crippen LogP contribution in [0.25, 0.3) is 0 Å². The largest absolute Gasteiger partial charge is 0.435 e. The van der Waals surface area contributed by atoms with E-state index in [9.17, 15) is 13.2 Å². The Labute approximate surface area is 140 Å². The summed E-state index contributed by atoms with van der Waals surface area (Å²) in [5.41, 5.74) is 0.308. The van der Waals surface area contributed by atoms with Gasteiger partial charge in [0.1, 0.15) is 6.54 Å². The second-order valence-electron chi connectivity index (χ2n) is 5.22.